The van der Waals surface area contributed by atoms with E-state index in [1.54, 1.807) is 24.3 Å². The highest BCUT2D eigenvalue weighted by molar-refractivity contribution is 8.00. The molecule has 0 heterocycles. The molecule has 0 unspecified atom stereocenters. The molecule has 3 rings (SSSR count). The van der Waals surface area contributed by atoms with Crippen LogP contribution in [0.25, 0.3) is 0 Å². The molecule has 0 radical (unpaired) electrons. The minimum atomic E-state index is -0.0975. The lowest BCUT2D eigenvalue weighted by Gasteiger charge is -2.19. The van der Waals surface area contributed by atoms with Gasteiger partial charge in [0.05, 0.1) is 5.75 Å². The van der Waals surface area contributed by atoms with Gasteiger partial charge in [-0.1, -0.05) is 74.9 Å². The van der Waals surface area contributed by atoms with E-state index in [1.807, 2.05) is 55.5 Å². The van der Waals surface area contributed by atoms with E-state index in [4.69, 9.17) is 0 Å². The Morgan fingerprint density at radius 3 is 2.17 bits per heavy atom. The molecular weight excluding hydrogens is 390 g/mol. The van der Waals surface area contributed by atoms with Crippen LogP contribution in [0.3, 0.4) is 0 Å². The van der Waals surface area contributed by atoms with Crippen LogP contribution in [0.5, 0.6) is 0 Å². The van der Waals surface area contributed by atoms with Crippen molar-refractivity contribution in [3.63, 3.8) is 0 Å². The first-order valence-electron chi connectivity index (χ1n) is 9.97. The Hall–Kier alpha value is -2.85. The Labute approximate surface area is 182 Å². The fourth-order valence-corrected chi connectivity index (χ4v) is 3.71. The normalized spacial score (nSPS) is 11.2. The standard InChI is InChI=1S/C26H27NO2S/c1-18-8-14-23(15-9-18)30-17-24(28)27-22-7-5-6-20(16-22)25(29)19-10-12-21(13-11-19)26(2,3)4/h5-16H,17H2,1-4H3,(H,27,28). The van der Waals surface area contributed by atoms with Gasteiger partial charge in [0.15, 0.2) is 5.78 Å². The van der Waals surface area contributed by atoms with Crippen LogP contribution in [0, 0.1) is 6.92 Å². The van der Waals surface area contributed by atoms with E-state index in [0.717, 1.165) is 4.90 Å². The minimum Gasteiger partial charge on any atom is -0.325 e. The molecule has 3 aromatic rings. The van der Waals surface area contributed by atoms with Gasteiger partial charge in [-0.05, 0) is 42.2 Å². The molecule has 0 aliphatic carbocycles. The van der Waals surface area contributed by atoms with Crippen molar-refractivity contribution in [2.45, 2.75) is 38.0 Å². The first-order valence-corrected chi connectivity index (χ1v) is 11.0. The zero-order valence-corrected chi connectivity index (χ0v) is 18.7. The highest BCUT2D eigenvalue weighted by atomic mass is 32.2. The number of nitrogens with one attached hydrogen (secondary N) is 1. The summed E-state index contributed by atoms with van der Waals surface area (Å²) >= 11 is 1.49. The molecule has 4 heteroatoms. The largest absolute Gasteiger partial charge is 0.325 e. The summed E-state index contributed by atoms with van der Waals surface area (Å²) in [7, 11) is 0. The van der Waals surface area contributed by atoms with Crippen molar-refractivity contribution in [1.29, 1.82) is 0 Å². The molecular formula is C26H27NO2S. The molecule has 3 aromatic carbocycles. The van der Waals surface area contributed by atoms with Gasteiger partial charge in [0.1, 0.15) is 0 Å². The van der Waals surface area contributed by atoms with Crippen molar-refractivity contribution in [3.8, 4) is 0 Å². The van der Waals surface area contributed by atoms with Crippen LogP contribution in [-0.2, 0) is 10.2 Å². The number of hydrogen-bond acceptors (Lipinski definition) is 3. The number of amides is 1. The van der Waals surface area contributed by atoms with Gasteiger partial charge >= 0.3 is 0 Å². The summed E-state index contributed by atoms with van der Waals surface area (Å²) in [5, 5.41) is 2.89. The van der Waals surface area contributed by atoms with Crippen LogP contribution >= 0.6 is 11.8 Å². The Bertz CT molecular complexity index is 1030. The number of ketones is 1. The highest BCUT2D eigenvalue weighted by Gasteiger charge is 2.15. The number of carbonyl (C=O) groups is 2. The Morgan fingerprint density at radius 1 is 0.867 bits per heavy atom. The number of benzene rings is 3. The van der Waals surface area contributed by atoms with E-state index in [9.17, 15) is 9.59 Å². The van der Waals surface area contributed by atoms with Gasteiger partial charge in [0, 0.05) is 21.7 Å². The van der Waals surface area contributed by atoms with Crippen LogP contribution in [0.15, 0.2) is 77.7 Å². The number of thioether (sulfide) groups is 1. The fraction of sp³-hybridized carbons (Fsp3) is 0.231. The van der Waals surface area contributed by atoms with Crippen LogP contribution < -0.4 is 5.32 Å². The van der Waals surface area contributed by atoms with E-state index >= 15 is 0 Å². The van der Waals surface area contributed by atoms with Crippen LogP contribution in [0.1, 0.15) is 47.8 Å². The third-order valence-corrected chi connectivity index (χ3v) is 5.82. The van der Waals surface area contributed by atoms with Crippen molar-refractivity contribution in [2.75, 3.05) is 11.1 Å². The maximum Gasteiger partial charge on any atom is 0.234 e. The van der Waals surface area contributed by atoms with Gasteiger partial charge < -0.3 is 5.32 Å². The van der Waals surface area contributed by atoms with Gasteiger partial charge in [0.25, 0.3) is 0 Å². The number of hydrogen-bond donors (Lipinski definition) is 1. The molecule has 1 N–H and O–H groups in total. The summed E-state index contributed by atoms with van der Waals surface area (Å²) in [4.78, 5) is 26.2. The second kappa shape index (κ2) is 9.31. The fourth-order valence-electron chi connectivity index (χ4n) is 3.01. The molecule has 0 bridgehead atoms. The molecule has 0 saturated carbocycles. The second-order valence-electron chi connectivity index (χ2n) is 8.39. The van der Waals surface area contributed by atoms with Gasteiger partial charge in [-0.15, -0.1) is 11.8 Å². The van der Waals surface area contributed by atoms with Crippen LogP contribution in [0.4, 0.5) is 5.69 Å². The van der Waals surface area contributed by atoms with Gasteiger partial charge in [-0.3, -0.25) is 9.59 Å². The van der Waals surface area contributed by atoms with Crippen molar-refractivity contribution >= 4 is 29.1 Å². The molecule has 0 aromatic heterocycles. The first-order chi connectivity index (χ1) is 14.2. The SMILES string of the molecule is Cc1ccc(SCC(=O)Nc2cccc(C(=O)c3ccc(C(C)(C)C)cc3)c2)cc1. The predicted molar refractivity (Wildman–Crippen MR) is 126 cm³/mol. The van der Waals surface area contributed by atoms with E-state index < -0.39 is 0 Å². The maximum atomic E-state index is 12.9. The summed E-state index contributed by atoms with van der Waals surface area (Å²) < 4.78 is 0. The lowest BCUT2D eigenvalue weighted by Crippen LogP contribution is -2.14. The van der Waals surface area contributed by atoms with Crippen molar-refractivity contribution < 1.29 is 9.59 Å². The molecule has 154 valence electrons. The summed E-state index contributed by atoms with van der Waals surface area (Å²) in [5.41, 5.74) is 4.25. The smallest absolute Gasteiger partial charge is 0.234 e. The van der Waals surface area contributed by atoms with Crippen molar-refractivity contribution in [3.05, 3.63) is 95.1 Å². The summed E-state index contributed by atoms with van der Waals surface area (Å²) in [6.45, 7) is 8.47. The zero-order valence-electron chi connectivity index (χ0n) is 17.9. The second-order valence-corrected chi connectivity index (χ2v) is 9.44. The molecule has 0 fully saturated rings. The molecule has 30 heavy (non-hydrogen) atoms. The summed E-state index contributed by atoms with van der Waals surface area (Å²) in [5.74, 6) is 0.162. The average Bonchev–Trinajstić information content (AvgIpc) is 2.72. The number of aryl methyl sites for hydroxylation is 1. The van der Waals surface area contributed by atoms with Crippen LogP contribution in [0.2, 0.25) is 0 Å². The highest BCUT2D eigenvalue weighted by Crippen LogP contribution is 2.24. The molecule has 0 spiro atoms. The lowest BCUT2D eigenvalue weighted by molar-refractivity contribution is -0.113. The number of anilines is 1. The summed E-state index contributed by atoms with van der Waals surface area (Å²) in [6.07, 6.45) is 0. The lowest BCUT2D eigenvalue weighted by atomic mass is 9.86. The number of rotatable bonds is 6. The maximum absolute atomic E-state index is 12.9. The minimum absolute atomic E-state index is 0.0440. The molecule has 0 atom stereocenters. The molecule has 0 saturated heterocycles. The average molecular weight is 418 g/mol. The van der Waals surface area contributed by atoms with E-state index in [1.165, 1.54) is 22.9 Å². The van der Waals surface area contributed by atoms with Gasteiger partial charge in [-0.25, -0.2) is 0 Å². The predicted octanol–water partition coefficient (Wildman–Crippen LogP) is 6.25. The first kappa shape index (κ1) is 21.8. The quantitative estimate of drug-likeness (QED) is 0.381. The monoisotopic (exact) mass is 417 g/mol. The third-order valence-electron chi connectivity index (χ3n) is 4.81. The van der Waals surface area contributed by atoms with E-state index in [2.05, 4.69) is 26.1 Å². The zero-order chi connectivity index (χ0) is 21.7. The molecule has 0 aliphatic rings. The Morgan fingerprint density at radius 2 is 1.53 bits per heavy atom. The van der Waals surface area contributed by atoms with Gasteiger partial charge in [-0.2, -0.15) is 0 Å². The Balaban J connectivity index is 1.64. The van der Waals surface area contributed by atoms with Crippen LogP contribution in [-0.4, -0.2) is 17.4 Å². The van der Waals surface area contributed by atoms with Gasteiger partial charge in [0.2, 0.25) is 5.91 Å². The molecule has 1 amide bonds. The molecule has 0 aliphatic heterocycles. The van der Waals surface area contributed by atoms with Crippen molar-refractivity contribution in [2.24, 2.45) is 0 Å². The Kier molecular flexibility index (Phi) is 6.78. The van der Waals surface area contributed by atoms with Crippen molar-refractivity contribution in [1.82, 2.24) is 0 Å². The van der Waals surface area contributed by atoms with E-state index in [0.29, 0.717) is 22.6 Å². The topological polar surface area (TPSA) is 46.2 Å². The number of carbonyl (C=O) groups excluding carboxylic acids is 2. The van der Waals surface area contributed by atoms with E-state index in [-0.39, 0.29) is 17.1 Å². The molecule has 3 nitrogen and oxygen atoms in total. The third kappa shape index (κ3) is 5.83. The summed E-state index contributed by atoms with van der Waals surface area (Å²) in [6, 6.07) is 22.9.